The number of carbonyl (C=O) groups excluding carboxylic acids is 1. The predicted molar refractivity (Wildman–Crippen MR) is 91.0 cm³/mol. The SMILES string of the molecule is CC(C)(O)C(C)(C)O.Cc1cc(S)cnc1C1CC1.NC=O. The monoisotopic (exact) mass is 328 g/mol. The molecule has 4 N–H and O–H groups in total. The number of rotatable bonds is 2. The van der Waals surface area contributed by atoms with Gasteiger partial charge in [0.05, 0.1) is 11.2 Å². The number of thiol groups is 1. The Balaban J connectivity index is 0.000000356. The van der Waals surface area contributed by atoms with E-state index in [1.807, 2.05) is 6.20 Å². The van der Waals surface area contributed by atoms with Gasteiger partial charge in [-0.1, -0.05) is 0 Å². The van der Waals surface area contributed by atoms with Crippen LogP contribution in [0.4, 0.5) is 0 Å². The molecule has 6 heteroatoms. The second kappa shape index (κ2) is 8.50. The third-order valence-electron chi connectivity index (χ3n) is 3.57. The van der Waals surface area contributed by atoms with Crippen molar-refractivity contribution < 1.29 is 15.0 Å². The van der Waals surface area contributed by atoms with Crippen molar-refractivity contribution in [3.05, 3.63) is 23.5 Å². The lowest BCUT2D eigenvalue weighted by molar-refractivity contribution is -0.107. The number of pyridine rings is 1. The van der Waals surface area contributed by atoms with Gasteiger partial charge in [0.25, 0.3) is 0 Å². The number of nitrogens with zero attached hydrogens (tertiary/aromatic N) is 1. The average molecular weight is 328 g/mol. The van der Waals surface area contributed by atoms with Crippen LogP contribution in [-0.4, -0.2) is 32.8 Å². The van der Waals surface area contributed by atoms with E-state index in [1.54, 1.807) is 27.7 Å². The fourth-order valence-electron chi connectivity index (χ4n) is 1.35. The third kappa shape index (κ3) is 7.77. The van der Waals surface area contributed by atoms with E-state index in [-0.39, 0.29) is 6.41 Å². The number of hydrogen-bond donors (Lipinski definition) is 4. The summed E-state index contributed by atoms with van der Waals surface area (Å²) in [6, 6.07) is 2.09. The number of hydrogen-bond acceptors (Lipinski definition) is 5. The van der Waals surface area contributed by atoms with Crippen LogP contribution >= 0.6 is 12.6 Å². The molecule has 0 aromatic carbocycles. The first-order valence-corrected chi connectivity index (χ1v) is 7.64. The highest BCUT2D eigenvalue weighted by Crippen LogP contribution is 2.40. The first-order valence-electron chi connectivity index (χ1n) is 7.19. The van der Waals surface area contributed by atoms with Crippen LogP contribution in [0.1, 0.15) is 57.7 Å². The molecule has 1 aliphatic rings. The van der Waals surface area contributed by atoms with Gasteiger partial charge in [0, 0.05) is 22.7 Å². The fourth-order valence-corrected chi connectivity index (χ4v) is 1.61. The second-order valence-corrected chi connectivity index (χ2v) is 6.94. The number of aryl methyl sites for hydroxylation is 1. The molecule has 1 saturated carbocycles. The van der Waals surface area contributed by atoms with Crippen LogP contribution in [0.5, 0.6) is 0 Å². The lowest BCUT2D eigenvalue weighted by Gasteiger charge is -2.31. The summed E-state index contributed by atoms with van der Waals surface area (Å²) >= 11 is 4.23. The van der Waals surface area contributed by atoms with E-state index in [0.717, 1.165) is 10.8 Å². The molecule has 0 saturated heterocycles. The summed E-state index contributed by atoms with van der Waals surface area (Å²) in [6.07, 6.45) is 4.73. The highest BCUT2D eigenvalue weighted by molar-refractivity contribution is 7.80. The zero-order chi connectivity index (χ0) is 17.6. The molecule has 0 aliphatic heterocycles. The van der Waals surface area contributed by atoms with Crippen molar-refractivity contribution in [2.24, 2.45) is 5.73 Å². The van der Waals surface area contributed by atoms with Crippen molar-refractivity contribution in [2.75, 3.05) is 0 Å². The molecule has 5 nitrogen and oxygen atoms in total. The topological polar surface area (TPSA) is 96.4 Å². The van der Waals surface area contributed by atoms with Crippen molar-refractivity contribution >= 4 is 19.0 Å². The van der Waals surface area contributed by atoms with E-state index in [2.05, 4.69) is 36.3 Å². The molecule has 0 radical (unpaired) electrons. The molecule has 0 atom stereocenters. The number of carbonyl (C=O) groups is 1. The Hall–Kier alpha value is -1.11. The first kappa shape index (κ1) is 20.9. The molecule has 1 aromatic rings. The molecule has 1 heterocycles. The molecule has 0 spiro atoms. The lowest BCUT2D eigenvalue weighted by atomic mass is 9.90. The Labute approximate surface area is 138 Å². The van der Waals surface area contributed by atoms with Crippen LogP contribution in [0.15, 0.2) is 17.2 Å². The fraction of sp³-hybridized carbons (Fsp3) is 0.625. The number of primary amides is 1. The van der Waals surface area contributed by atoms with Crippen LogP contribution < -0.4 is 5.73 Å². The molecule has 126 valence electrons. The lowest BCUT2D eigenvalue weighted by Crippen LogP contribution is -2.44. The third-order valence-corrected chi connectivity index (χ3v) is 3.81. The van der Waals surface area contributed by atoms with Gasteiger partial charge in [0.2, 0.25) is 6.41 Å². The largest absolute Gasteiger partial charge is 0.387 e. The molecular weight excluding hydrogens is 300 g/mol. The molecule has 2 rings (SSSR count). The van der Waals surface area contributed by atoms with Gasteiger partial charge in [-0.05, 0) is 59.1 Å². The molecule has 0 bridgehead atoms. The molecule has 1 fully saturated rings. The molecule has 1 aromatic heterocycles. The summed E-state index contributed by atoms with van der Waals surface area (Å²) in [5, 5.41) is 18.2. The zero-order valence-corrected chi connectivity index (χ0v) is 14.9. The summed E-state index contributed by atoms with van der Waals surface area (Å²) in [6.45, 7) is 8.42. The molecule has 0 unspecified atom stereocenters. The summed E-state index contributed by atoms with van der Waals surface area (Å²) in [5.41, 5.74) is 4.72. The highest BCUT2D eigenvalue weighted by atomic mass is 32.1. The summed E-state index contributed by atoms with van der Waals surface area (Å²) in [5.74, 6) is 0.754. The van der Waals surface area contributed by atoms with Gasteiger partial charge in [0.1, 0.15) is 0 Å². The van der Waals surface area contributed by atoms with Crippen molar-refractivity contribution in [3.63, 3.8) is 0 Å². The van der Waals surface area contributed by atoms with Gasteiger partial charge >= 0.3 is 0 Å². The standard InChI is InChI=1S/C9H11NS.C6H14O2.CH3NO/c1-6-4-8(11)5-10-9(6)7-2-3-7;1-5(2,7)6(3,4)8;2-1-3/h4-5,7,11H,2-3H2,1H3;7-8H,1-4H3;1H,(H2,2,3). The summed E-state index contributed by atoms with van der Waals surface area (Å²) in [7, 11) is 0. The van der Waals surface area contributed by atoms with Gasteiger partial charge in [0.15, 0.2) is 0 Å². The summed E-state index contributed by atoms with van der Waals surface area (Å²) in [4.78, 5) is 13.9. The van der Waals surface area contributed by atoms with E-state index >= 15 is 0 Å². The van der Waals surface area contributed by atoms with Crippen LogP contribution in [-0.2, 0) is 4.79 Å². The number of aromatic nitrogens is 1. The summed E-state index contributed by atoms with van der Waals surface area (Å²) < 4.78 is 0. The Morgan fingerprint density at radius 3 is 1.95 bits per heavy atom. The van der Waals surface area contributed by atoms with E-state index in [1.165, 1.54) is 24.1 Å². The van der Waals surface area contributed by atoms with Gasteiger partial charge in [-0.2, -0.15) is 0 Å². The van der Waals surface area contributed by atoms with Crippen LogP contribution in [0.25, 0.3) is 0 Å². The van der Waals surface area contributed by atoms with Crippen molar-refractivity contribution in [3.8, 4) is 0 Å². The molecule has 22 heavy (non-hydrogen) atoms. The van der Waals surface area contributed by atoms with Crippen LogP contribution in [0, 0.1) is 6.92 Å². The van der Waals surface area contributed by atoms with Gasteiger partial charge in [-0.25, -0.2) is 0 Å². The van der Waals surface area contributed by atoms with E-state index in [0.29, 0.717) is 0 Å². The zero-order valence-electron chi connectivity index (χ0n) is 14.0. The molecular formula is C16H28N2O3S. The second-order valence-electron chi connectivity index (χ2n) is 6.42. The van der Waals surface area contributed by atoms with Crippen molar-refractivity contribution in [2.45, 2.75) is 69.5 Å². The predicted octanol–water partition coefficient (Wildman–Crippen LogP) is 2.19. The quantitative estimate of drug-likeness (QED) is 0.494. The number of aliphatic hydroxyl groups is 2. The first-order chi connectivity index (χ1) is 9.94. The van der Waals surface area contributed by atoms with Crippen LogP contribution in [0.2, 0.25) is 0 Å². The van der Waals surface area contributed by atoms with Crippen LogP contribution in [0.3, 0.4) is 0 Å². The minimum atomic E-state index is -1.01. The Kier molecular flexibility index (Phi) is 8.07. The molecule has 1 aliphatic carbocycles. The van der Waals surface area contributed by atoms with E-state index in [9.17, 15) is 0 Å². The smallest absolute Gasteiger partial charge is 0.204 e. The van der Waals surface area contributed by atoms with Gasteiger partial charge < -0.3 is 15.9 Å². The van der Waals surface area contributed by atoms with Gasteiger partial charge in [-0.15, -0.1) is 12.6 Å². The maximum atomic E-state index is 9.10. The normalized spacial score (nSPS) is 14.2. The highest BCUT2D eigenvalue weighted by Gasteiger charge is 2.32. The molecule has 1 amide bonds. The maximum Gasteiger partial charge on any atom is 0.204 e. The number of nitrogens with two attached hydrogens (primary N) is 1. The van der Waals surface area contributed by atoms with Crippen molar-refractivity contribution in [1.29, 1.82) is 0 Å². The average Bonchev–Trinajstić information content (AvgIpc) is 3.12. The minimum Gasteiger partial charge on any atom is -0.387 e. The Bertz CT molecular complexity index is 463. The number of amides is 1. The Morgan fingerprint density at radius 2 is 1.68 bits per heavy atom. The van der Waals surface area contributed by atoms with Gasteiger partial charge in [-0.3, -0.25) is 9.78 Å². The van der Waals surface area contributed by atoms with Crippen molar-refractivity contribution in [1.82, 2.24) is 4.98 Å². The minimum absolute atomic E-state index is 0.250. The van der Waals surface area contributed by atoms with E-state index < -0.39 is 11.2 Å². The maximum absolute atomic E-state index is 9.10. The Morgan fingerprint density at radius 1 is 1.27 bits per heavy atom. The van der Waals surface area contributed by atoms with E-state index in [4.69, 9.17) is 15.0 Å².